The zero-order valence-corrected chi connectivity index (χ0v) is 36.8. The lowest BCUT2D eigenvalue weighted by atomic mass is 10.0. The number of amides is 2. The van der Waals surface area contributed by atoms with Gasteiger partial charge in [-0.1, -0.05) is 30.3 Å². The Hall–Kier alpha value is -4.72. The van der Waals surface area contributed by atoms with E-state index >= 15 is 0 Å². The number of hydrogen-bond acceptors (Lipinski definition) is 10. The van der Waals surface area contributed by atoms with E-state index in [1.54, 1.807) is 7.05 Å². The van der Waals surface area contributed by atoms with E-state index in [1.807, 2.05) is 121 Å². The second-order valence-electron chi connectivity index (χ2n) is 18.5. The highest BCUT2D eigenvalue weighted by atomic mass is 16.8. The lowest BCUT2D eigenvalue weighted by molar-refractivity contribution is -0.161. The molecule has 1 aliphatic carbocycles. The van der Waals surface area contributed by atoms with Gasteiger partial charge in [-0.3, -0.25) is 4.90 Å². The average Bonchev–Trinajstić information content (AvgIpc) is 3.81. The van der Waals surface area contributed by atoms with E-state index in [0.717, 1.165) is 54.0 Å². The van der Waals surface area contributed by atoms with Crippen LogP contribution in [0.4, 0.5) is 15.4 Å². The van der Waals surface area contributed by atoms with E-state index in [0.29, 0.717) is 25.3 Å². The Morgan fingerprint density at radius 2 is 1.54 bits per heavy atom. The van der Waals surface area contributed by atoms with E-state index in [4.69, 9.17) is 28.7 Å². The first-order chi connectivity index (χ1) is 27.8. The average molecular weight is 813 g/mol. The molecule has 1 saturated heterocycles. The lowest BCUT2D eigenvalue weighted by Gasteiger charge is -2.33. The van der Waals surface area contributed by atoms with Crippen LogP contribution >= 0.6 is 0 Å². The molecular weight excluding hydrogens is 749 g/mol. The zero-order chi connectivity index (χ0) is 42.7. The smallest absolute Gasteiger partial charge is 0.415 e. The summed E-state index contributed by atoms with van der Waals surface area (Å²) in [6.45, 7) is 22.3. The molecule has 3 heterocycles. The van der Waals surface area contributed by atoms with Gasteiger partial charge in [-0.25, -0.2) is 19.6 Å². The van der Waals surface area contributed by atoms with Crippen molar-refractivity contribution in [1.82, 2.24) is 24.3 Å². The minimum absolute atomic E-state index is 0.0490. The van der Waals surface area contributed by atoms with Crippen LogP contribution < -0.4 is 9.64 Å². The molecule has 0 radical (unpaired) electrons. The van der Waals surface area contributed by atoms with Crippen LogP contribution in [0.1, 0.15) is 93.7 Å². The highest BCUT2D eigenvalue weighted by Gasteiger charge is 2.55. The van der Waals surface area contributed by atoms with Crippen LogP contribution in [0.5, 0.6) is 11.5 Å². The van der Waals surface area contributed by atoms with Crippen LogP contribution in [0.15, 0.2) is 73.2 Å². The van der Waals surface area contributed by atoms with Gasteiger partial charge in [0.15, 0.2) is 11.6 Å². The molecule has 2 fully saturated rings. The van der Waals surface area contributed by atoms with Gasteiger partial charge in [0.2, 0.25) is 0 Å². The fourth-order valence-corrected chi connectivity index (χ4v) is 8.02. The summed E-state index contributed by atoms with van der Waals surface area (Å²) in [5.74, 6) is 1.45. The fourth-order valence-electron chi connectivity index (χ4n) is 8.02. The van der Waals surface area contributed by atoms with Crippen LogP contribution in [0, 0.1) is 5.92 Å². The summed E-state index contributed by atoms with van der Waals surface area (Å²) in [5, 5.41) is 0.755. The maximum absolute atomic E-state index is 13.5. The van der Waals surface area contributed by atoms with Crippen molar-refractivity contribution in [2.45, 2.75) is 130 Å². The number of aromatic nitrogens is 3. The molecule has 320 valence electrons. The Labute approximate surface area is 349 Å². The molecule has 2 amide bonds. The highest BCUT2D eigenvalue weighted by molar-refractivity contribution is 5.97. The summed E-state index contributed by atoms with van der Waals surface area (Å²) < 4.78 is 33.0. The van der Waals surface area contributed by atoms with Gasteiger partial charge < -0.3 is 38.1 Å². The van der Waals surface area contributed by atoms with Crippen molar-refractivity contribution in [2.75, 3.05) is 38.1 Å². The molecule has 0 N–H and O–H groups in total. The molecule has 13 nitrogen and oxygen atoms in total. The number of carbonyl (C=O) groups is 2. The third-order valence-corrected chi connectivity index (χ3v) is 10.7. The molecule has 4 aromatic rings. The number of benzene rings is 2. The quantitative estimate of drug-likeness (QED) is 0.122. The number of ether oxygens (including phenoxy) is 5. The van der Waals surface area contributed by atoms with Gasteiger partial charge in [-0.05, 0) is 124 Å². The summed E-state index contributed by atoms with van der Waals surface area (Å²) in [4.78, 5) is 41.5. The number of hydrogen-bond donors (Lipinski definition) is 0. The fraction of sp³-hybridized carbons (Fsp3) is 0.565. The predicted octanol–water partition coefficient (Wildman–Crippen LogP) is 9.26. The Morgan fingerprint density at radius 3 is 2.24 bits per heavy atom. The lowest BCUT2D eigenvalue weighted by Crippen LogP contribution is -2.42. The molecule has 1 aliphatic heterocycles. The van der Waals surface area contributed by atoms with Gasteiger partial charge >= 0.3 is 12.2 Å². The van der Waals surface area contributed by atoms with Crippen LogP contribution in [0.2, 0.25) is 0 Å². The van der Waals surface area contributed by atoms with E-state index < -0.39 is 23.1 Å². The summed E-state index contributed by atoms with van der Waals surface area (Å²) in [5.41, 5.74) is 0.553. The van der Waals surface area contributed by atoms with Crippen molar-refractivity contribution in [1.29, 1.82) is 0 Å². The molecule has 4 atom stereocenters. The Balaban J connectivity index is 1.14. The van der Waals surface area contributed by atoms with Crippen LogP contribution in [0.3, 0.4) is 0 Å². The first-order valence-corrected chi connectivity index (χ1v) is 20.9. The van der Waals surface area contributed by atoms with Crippen molar-refractivity contribution in [2.24, 2.45) is 5.92 Å². The third kappa shape index (κ3) is 11.3. The number of fused-ring (bicyclic) bond motifs is 2. The van der Waals surface area contributed by atoms with Crippen molar-refractivity contribution < 1.29 is 33.3 Å². The molecule has 0 unspecified atom stereocenters. The summed E-state index contributed by atoms with van der Waals surface area (Å²) >= 11 is 0. The minimum atomic E-state index is -0.740. The SMILES string of the molecule is CC(C)N(CCCN(CCc1cccc(Oc2ccccc2)c1)C(=O)OC(C)(C)C)C[C@H]1C[C@@H](n2ccc3c(N(C)C(=O)OC(C)(C)C)ncnc32)[C@@H]2OC(C)(C)O[C@H]12. The molecule has 2 aliphatic rings. The molecule has 6 rings (SSSR count). The van der Waals surface area contributed by atoms with E-state index in [-0.39, 0.29) is 36.3 Å². The van der Waals surface area contributed by atoms with Crippen molar-refractivity contribution >= 4 is 29.0 Å². The first-order valence-electron chi connectivity index (χ1n) is 20.9. The molecule has 0 bridgehead atoms. The molecule has 13 heteroatoms. The summed E-state index contributed by atoms with van der Waals surface area (Å²) in [6, 6.07) is 19.9. The minimum Gasteiger partial charge on any atom is -0.457 e. The van der Waals surface area contributed by atoms with Crippen molar-refractivity contribution in [3.8, 4) is 11.5 Å². The standard InChI is InChI=1S/C46H64N6O7/c1-31(2)51(24-16-23-50(43(54)59-45(6,7)8)25-21-32-17-15-20-35(27-32)55-34-18-13-12-14-19-34)29-33-28-37(39-38(33)56-46(9,10)57-39)52-26-22-36-40(47-30-48-41(36)52)49(11)42(53)58-44(3,4)5/h12-15,17-20,22,26-27,30-31,33,37-39H,16,21,23-25,28-29H2,1-11H3/t33-,37-,38-,39+/m1/s1. The maximum atomic E-state index is 13.5. The van der Waals surface area contributed by atoms with Crippen LogP contribution in [-0.4, -0.2) is 105 Å². The second-order valence-corrected chi connectivity index (χ2v) is 18.5. The molecule has 2 aromatic heterocycles. The number of rotatable bonds is 14. The second kappa shape index (κ2) is 17.9. The monoisotopic (exact) mass is 812 g/mol. The maximum Gasteiger partial charge on any atom is 0.415 e. The molecule has 2 aromatic carbocycles. The number of carbonyl (C=O) groups excluding carboxylic acids is 2. The predicted molar refractivity (Wildman–Crippen MR) is 229 cm³/mol. The van der Waals surface area contributed by atoms with Gasteiger partial charge in [0.25, 0.3) is 0 Å². The molecule has 0 spiro atoms. The van der Waals surface area contributed by atoms with E-state index in [2.05, 4.69) is 34.4 Å². The summed E-state index contributed by atoms with van der Waals surface area (Å²) in [7, 11) is 1.67. The number of para-hydroxylation sites is 1. The third-order valence-electron chi connectivity index (χ3n) is 10.7. The molecular formula is C46H64N6O7. The Bertz CT molecular complexity index is 2040. The normalized spacial score (nSPS) is 20.2. The zero-order valence-electron chi connectivity index (χ0n) is 36.8. The molecule has 59 heavy (non-hydrogen) atoms. The summed E-state index contributed by atoms with van der Waals surface area (Å²) in [6.07, 6.45) is 4.65. The largest absolute Gasteiger partial charge is 0.457 e. The topological polar surface area (TPSA) is 121 Å². The van der Waals surface area contributed by atoms with Gasteiger partial charge in [0, 0.05) is 51.4 Å². The number of nitrogens with zero attached hydrogens (tertiary/aromatic N) is 6. The van der Waals surface area contributed by atoms with E-state index in [9.17, 15) is 9.59 Å². The van der Waals surface area contributed by atoms with Gasteiger partial charge in [-0.2, -0.15) is 0 Å². The van der Waals surface area contributed by atoms with Gasteiger partial charge in [0.05, 0.1) is 17.5 Å². The van der Waals surface area contributed by atoms with Gasteiger partial charge in [-0.15, -0.1) is 0 Å². The van der Waals surface area contributed by atoms with Crippen molar-refractivity contribution in [3.05, 3.63) is 78.8 Å². The Kier molecular flexibility index (Phi) is 13.3. The first kappa shape index (κ1) is 43.8. The van der Waals surface area contributed by atoms with Crippen LogP contribution in [0.25, 0.3) is 11.0 Å². The number of anilines is 1. The van der Waals surface area contributed by atoms with Crippen molar-refractivity contribution in [3.63, 3.8) is 0 Å². The Morgan fingerprint density at radius 1 is 0.864 bits per heavy atom. The van der Waals surface area contributed by atoms with Crippen LogP contribution in [-0.2, 0) is 25.4 Å². The van der Waals surface area contributed by atoms with Gasteiger partial charge in [0.1, 0.15) is 40.8 Å². The molecule has 1 saturated carbocycles. The van der Waals surface area contributed by atoms with E-state index in [1.165, 1.54) is 11.2 Å². The highest BCUT2D eigenvalue weighted by Crippen LogP contribution is 2.48.